The highest BCUT2D eigenvalue weighted by Crippen LogP contribution is 2.67. The van der Waals surface area contributed by atoms with Crippen LogP contribution in [0.5, 0.6) is 0 Å². The topological polar surface area (TPSA) is 29.5 Å². The first-order valence-corrected chi connectivity index (χ1v) is 18.2. The zero-order valence-electron chi connectivity index (χ0n) is 24.8. The van der Waals surface area contributed by atoms with Gasteiger partial charge in [0.2, 0.25) is 0 Å². The highest BCUT2D eigenvalue weighted by Gasteiger charge is 2.59. The van der Waals surface area contributed by atoms with Crippen LogP contribution in [0.4, 0.5) is 0 Å². The molecular weight excluding hydrogens is 444 g/mol. The fraction of sp³-hybridized carbons (Fsp3) is 0.938. The van der Waals surface area contributed by atoms with E-state index in [2.05, 4.69) is 60.7 Å². The molecule has 0 aromatic heterocycles. The van der Waals surface area contributed by atoms with E-state index in [-0.39, 0.29) is 6.10 Å². The molecule has 4 rings (SSSR count). The molecule has 0 radical (unpaired) electrons. The van der Waals surface area contributed by atoms with E-state index in [1.165, 1.54) is 64.2 Å². The molecule has 1 N–H and O–H groups in total. The molecule has 2 unspecified atom stereocenters. The third-order valence-electron chi connectivity index (χ3n) is 12.4. The predicted molar refractivity (Wildman–Crippen MR) is 152 cm³/mol. The average molecular weight is 503 g/mol. The molecule has 3 heteroatoms. The number of fused-ring (bicyclic) bond motifs is 5. The van der Waals surface area contributed by atoms with Crippen molar-refractivity contribution in [2.24, 2.45) is 40.4 Å². The summed E-state index contributed by atoms with van der Waals surface area (Å²) >= 11 is 0. The van der Waals surface area contributed by atoms with Crippen LogP contribution in [0.2, 0.25) is 18.1 Å². The largest absolute Gasteiger partial charge is 0.414 e. The Hall–Kier alpha value is -0.123. The Balaban J connectivity index is 1.45. The SMILES string of the molecule is CC(O)CCC[C@@H](C)[C@H]1CC[C@H]2[C@@H]3CC=C4CC(O[Si](C)(C)C(C)(C)C)CC[C@]4(C)[C@H]3CC[C@]12C. The van der Waals surface area contributed by atoms with Gasteiger partial charge < -0.3 is 9.53 Å². The number of aliphatic hydroxyl groups is 1. The van der Waals surface area contributed by atoms with Gasteiger partial charge in [-0.15, -0.1) is 0 Å². The third-order valence-corrected chi connectivity index (χ3v) is 16.9. The summed E-state index contributed by atoms with van der Waals surface area (Å²) in [5.74, 6) is 4.39. The summed E-state index contributed by atoms with van der Waals surface area (Å²) < 4.78 is 6.93. The minimum Gasteiger partial charge on any atom is -0.414 e. The van der Waals surface area contributed by atoms with E-state index >= 15 is 0 Å². The molecule has 0 amide bonds. The van der Waals surface area contributed by atoms with Crippen molar-refractivity contribution in [1.29, 1.82) is 0 Å². The van der Waals surface area contributed by atoms with Crippen LogP contribution >= 0.6 is 0 Å². The monoisotopic (exact) mass is 502 g/mol. The molecule has 0 heterocycles. The average Bonchev–Trinajstić information content (AvgIpc) is 3.10. The van der Waals surface area contributed by atoms with E-state index in [0.29, 0.717) is 22.0 Å². The van der Waals surface area contributed by atoms with Crippen molar-refractivity contribution < 1.29 is 9.53 Å². The molecule has 0 aliphatic heterocycles. The fourth-order valence-electron chi connectivity index (χ4n) is 9.23. The zero-order chi connectivity index (χ0) is 25.8. The molecule has 0 spiro atoms. The van der Waals surface area contributed by atoms with E-state index in [1.807, 2.05) is 6.92 Å². The lowest BCUT2D eigenvalue weighted by Gasteiger charge is -2.59. The molecule has 4 aliphatic carbocycles. The standard InChI is InChI=1S/C32H58O2Si/c1-22(11-10-12-23(2)33)27-15-16-28-26-14-13-24-21-25(34-35(8,9)30(3,4)5)17-19-31(24,6)29(26)18-20-32(27,28)7/h13,22-23,25-29,33H,10-12,14-21H2,1-9H3/t22-,23?,25?,26+,27-,28+,29+,31+,32-/m1/s1. The van der Waals surface area contributed by atoms with Crippen molar-refractivity contribution in [3.8, 4) is 0 Å². The van der Waals surface area contributed by atoms with Gasteiger partial charge in [0.15, 0.2) is 8.32 Å². The van der Waals surface area contributed by atoms with Crippen LogP contribution in [0, 0.1) is 40.4 Å². The Labute approximate surface area is 219 Å². The summed E-state index contributed by atoms with van der Waals surface area (Å²) in [6.45, 7) is 21.8. The first kappa shape index (κ1) is 27.9. The summed E-state index contributed by atoms with van der Waals surface area (Å²) in [5.41, 5.74) is 2.72. The molecule has 3 fully saturated rings. The number of aliphatic hydroxyl groups excluding tert-OH is 1. The molecule has 4 aliphatic rings. The van der Waals surface area contributed by atoms with E-state index in [0.717, 1.165) is 36.0 Å². The second-order valence-corrected chi connectivity index (χ2v) is 20.2. The molecule has 2 nitrogen and oxygen atoms in total. The predicted octanol–water partition coefficient (Wildman–Crippen LogP) is 9.14. The van der Waals surface area contributed by atoms with Crippen LogP contribution in [0.25, 0.3) is 0 Å². The second-order valence-electron chi connectivity index (χ2n) is 15.5. The van der Waals surface area contributed by atoms with Crippen molar-refractivity contribution in [2.75, 3.05) is 0 Å². The van der Waals surface area contributed by atoms with Gasteiger partial charge in [0.25, 0.3) is 0 Å². The molecule has 0 aromatic carbocycles. The lowest BCUT2D eigenvalue weighted by Crippen LogP contribution is -2.52. The van der Waals surface area contributed by atoms with Gasteiger partial charge in [-0.1, -0.05) is 66.0 Å². The maximum Gasteiger partial charge on any atom is 0.192 e. The molecular formula is C32H58O2Si. The summed E-state index contributed by atoms with van der Waals surface area (Å²) in [4.78, 5) is 0. The Morgan fingerprint density at radius 2 is 1.74 bits per heavy atom. The molecule has 9 atom stereocenters. The van der Waals surface area contributed by atoms with Crippen LogP contribution in [-0.2, 0) is 4.43 Å². The normalized spacial score (nSPS) is 41.4. The van der Waals surface area contributed by atoms with Gasteiger partial charge in [0.05, 0.1) is 6.10 Å². The lowest BCUT2D eigenvalue weighted by molar-refractivity contribution is -0.0566. The van der Waals surface area contributed by atoms with Crippen molar-refractivity contribution in [3.63, 3.8) is 0 Å². The van der Waals surface area contributed by atoms with Crippen molar-refractivity contribution >= 4 is 8.32 Å². The highest BCUT2D eigenvalue weighted by atomic mass is 28.4. The second kappa shape index (κ2) is 9.88. The van der Waals surface area contributed by atoms with Crippen LogP contribution < -0.4 is 0 Å². The lowest BCUT2D eigenvalue weighted by atomic mass is 9.47. The maximum absolute atomic E-state index is 9.71. The van der Waals surface area contributed by atoms with Crippen molar-refractivity contribution in [1.82, 2.24) is 0 Å². The maximum atomic E-state index is 9.71. The molecule has 0 aromatic rings. The Bertz CT molecular complexity index is 779. The van der Waals surface area contributed by atoms with Gasteiger partial charge in [0.1, 0.15) is 0 Å². The molecule has 202 valence electrons. The van der Waals surface area contributed by atoms with E-state index in [9.17, 15) is 5.11 Å². The third kappa shape index (κ3) is 5.13. The molecule has 0 saturated heterocycles. The van der Waals surface area contributed by atoms with E-state index < -0.39 is 8.32 Å². The summed E-state index contributed by atoms with van der Waals surface area (Å²) in [6.07, 6.45) is 17.4. The Morgan fingerprint density at radius 3 is 2.40 bits per heavy atom. The Kier molecular flexibility index (Phi) is 7.88. The van der Waals surface area contributed by atoms with E-state index in [4.69, 9.17) is 4.43 Å². The van der Waals surface area contributed by atoms with Crippen molar-refractivity contribution in [3.05, 3.63) is 11.6 Å². The fourth-order valence-corrected chi connectivity index (χ4v) is 10.6. The van der Waals surface area contributed by atoms with Crippen molar-refractivity contribution in [2.45, 2.75) is 149 Å². The van der Waals surface area contributed by atoms with Crippen LogP contribution in [0.3, 0.4) is 0 Å². The first-order valence-electron chi connectivity index (χ1n) is 15.2. The Morgan fingerprint density at radius 1 is 1.03 bits per heavy atom. The quantitative estimate of drug-likeness (QED) is 0.278. The minimum atomic E-state index is -1.71. The van der Waals surface area contributed by atoms with Crippen LogP contribution in [0.15, 0.2) is 11.6 Å². The van der Waals surface area contributed by atoms with Crippen LogP contribution in [-0.4, -0.2) is 25.6 Å². The number of rotatable bonds is 7. The van der Waals surface area contributed by atoms with Gasteiger partial charge in [-0.2, -0.15) is 0 Å². The molecule has 0 bridgehead atoms. The summed E-state index contributed by atoms with van der Waals surface area (Å²) in [5, 5.41) is 10.0. The van der Waals surface area contributed by atoms with Gasteiger partial charge >= 0.3 is 0 Å². The van der Waals surface area contributed by atoms with Gasteiger partial charge in [0, 0.05) is 6.10 Å². The van der Waals surface area contributed by atoms with Gasteiger partial charge in [-0.05, 0) is 123 Å². The first-order chi connectivity index (χ1) is 16.2. The molecule has 3 saturated carbocycles. The highest BCUT2D eigenvalue weighted by molar-refractivity contribution is 6.74. The summed E-state index contributed by atoms with van der Waals surface area (Å²) in [6, 6.07) is 0. The summed E-state index contributed by atoms with van der Waals surface area (Å²) in [7, 11) is -1.71. The van der Waals surface area contributed by atoms with Gasteiger partial charge in [-0.25, -0.2) is 0 Å². The van der Waals surface area contributed by atoms with E-state index in [1.54, 1.807) is 5.57 Å². The smallest absolute Gasteiger partial charge is 0.192 e. The minimum absolute atomic E-state index is 0.143. The number of allylic oxidation sites excluding steroid dienone is 1. The van der Waals surface area contributed by atoms with Gasteiger partial charge in [-0.3, -0.25) is 0 Å². The zero-order valence-corrected chi connectivity index (χ0v) is 25.8. The van der Waals surface area contributed by atoms with Crippen LogP contribution in [0.1, 0.15) is 119 Å². The number of hydrogen-bond donors (Lipinski definition) is 1. The number of hydrogen-bond acceptors (Lipinski definition) is 2. The molecule has 35 heavy (non-hydrogen) atoms.